The molecule has 0 aliphatic carbocycles. The summed E-state index contributed by atoms with van der Waals surface area (Å²) in [4.78, 5) is 1.39. The molecule has 0 N–H and O–H groups in total. The van der Waals surface area contributed by atoms with Gasteiger partial charge in [0.1, 0.15) is 0 Å². The van der Waals surface area contributed by atoms with E-state index in [2.05, 4.69) is 48.7 Å². The normalized spacial score (nSPS) is 10.2. The monoisotopic (exact) mass is 188 g/mol. The van der Waals surface area contributed by atoms with E-state index in [1.165, 1.54) is 16.0 Å². The molecule has 66 valence electrons. The largest absolute Gasteiger partial charge is 0.149 e. The Bertz CT molecular complexity index is 373. The lowest BCUT2D eigenvalue weighted by Gasteiger charge is -1.96. The van der Waals surface area contributed by atoms with Gasteiger partial charge in [-0.1, -0.05) is 30.3 Å². The zero-order chi connectivity index (χ0) is 9.10. The van der Waals surface area contributed by atoms with Crippen LogP contribution in [0.3, 0.4) is 0 Å². The number of hydrogen-bond acceptors (Lipinski definition) is 1. The van der Waals surface area contributed by atoms with E-state index in [1.54, 1.807) is 0 Å². The van der Waals surface area contributed by atoms with Gasteiger partial charge in [-0.15, -0.1) is 11.3 Å². The molecule has 0 radical (unpaired) electrons. The van der Waals surface area contributed by atoms with E-state index in [0.717, 1.165) is 6.42 Å². The second-order valence-electron chi connectivity index (χ2n) is 3.23. The first-order valence-electron chi connectivity index (χ1n) is 4.42. The zero-order valence-corrected chi connectivity index (χ0v) is 8.47. The van der Waals surface area contributed by atoms with Gasteiger partial charge in [-0.25, -0.2) is 0 Å². The standard InChI is InChI=1S/C12H12S/c1-10-7-12(9-13-10)8-11-5-3-2-4-6-11/h2-7,9H,8H2,1H3. The number of aryl methyl sites for hydroxylation is 1. The maximum Gasteiger partial charge on any atom is 0.00171 e. The summed E-state index contributed by atoms with van der Waals surface area (Å²) in [5, 5.41) is 2.24. The zero-order valence-electron chi connectivity index (χ0n) is 7.66. The van der Waals surface area contributed by atoms with E-state index in [1.807, 2.05) is 11.3 Å². The molecule has 0 fully saturated rings. The van der Waals surface area contributed by atoms with Gasteiger partial charge in [0.15, 0.2) is 0 Å². The van der Waals surface area contributed by atoms with Crippen molar-refractivity contribution in [3.8, 4) is 0 Å². The van der Waals surface area contributed by atoms with Crippen LogP contribution in [0, 0.1) is 6.92 Å². The SMILES string of the molecule is Cc1cc(Cc2ccccc2)cs1. The Labute approximate surface area is 82.9 Å². The molecule has 2 rings (SSSR count). The highest BCUT2D eigenvalue weighted by Crippen LogP contribution is 2.16. The molecule has 0 unspecified atom stereocenters. The van der Waals surface area contributed by atoms with E-state index in [0.29, 0.717) is 0 Å². The van der Waals surface area contributed by atoms with Crippen molar-refractivity contribution in [3.05, 3.63) is 57.8 Å². The molecule has 1 aromatic heterocycles. The fraction of sp³-hybridized carbons (Fsp3) is 0.167. The minimum atomic E-state index is 1.06. The molecule has 1 heterocycles. The Balaban J connectivity index is 2.15. The topological polar surface area (TPSA) is 0 Å². The van der Waals surface area contributed by atoms with Crippen molar-refractivity contribution < 1.29 is 0 Å². The third-order valence-corrected chi connectivity index (χ3v) is 2.95. The molecule has 0 amide bonds. The van der Waals surface area contributed by atoms with Gasteiger partial charge in [0.25, 0.3) is 0 Å². The number of thiophene rings is 1. The molecule has 0 atom stereocenters. The maximum atomic E-state index is 2.26. The van der Waals surface area contributed by atoms with Crippen molar-refractivity contribution in [1.82, 2.24) is 0 Å². The van der Waals surface area contributed by atoms with Crippen LogP contribution >= 0.6 is 11.3 Å². The van der Waals surface area contributed by atoms with E-state index >= 15 is 0 Å². The van der Waals surface area contributed by atoms with Gasteiger partial charge >= 0.3 is 0 Å². The average molecular weight is 188 g/mol. The first-order chi connectivity index (χ1) is 6.34. The first kappa shape index (κ1) is 8.52. The molecule has 0 spiro atoms. The number of rotatable bonds is 2. The third-order valence-electron chi connectivity index (χ3n) is 2.04. The molecule has 0 nitrogen and oxygen atoms in total. The summed E-state index contributed by atoms with van der Waals surface area (Å²) in [6.07, 6.45) is 1.06. The molecular weight excluding hydrogens is 176 g/mol. The van der Waals surface area contributed by atoms with Gasteiger partial charge in [-0.3, -0.25) is 0 Å². The smallest absolute Gasteiger partial charge is 0.00171 e. The molecule has 0 saturated carbocycles. The van der Waals surface area contributed by atoms with Crippen LogP contribution in [0.2, 0.25) is 0 Å². The van der Waals surface area contributed by atoms with Gasteiger partial charge in [-0.05, 0) is 35.9 Å². The lowest BCUT2D eigenvalue weighted by Crippen LogP contribution is -1.83. The van der Waals surface area contributed by atoms with Crippen LogP contribution in [-0.2, 0) is 6.42 Å². The predicted molar refractivity (Wildman–Crippen MR) is 58.3 cm³/mol. The van der Waals surface area contributed by atoms with Crippen LogP contribution in [0.15, 0.2) is 41.8 Å². The van der Waals surface area contributed by atoms with Crippen LogP contribution in [-0.4, -0.2) is 0 Å². The lowest BCUT2D eigenvalue weighted by molar-refractivity contribution is 1.21. The second-order valence-corrected chi connectivity index (χ2v) is 4.34. The minimum absolute atomic E-state index is 1.06. The summed E-state index contributed by atoms with van der Waals surface area (Å²) < 4.78 is 0. The second kappa shape index (κ2) is 3.75. The molecule has 0 bridgehead atoms. The highest BCUT2D eigenvalue weighted by molar-refractivity contribution is 7.10. The molecule has 13 heavy (non-hydrogen) atoms. The maximum absolute atomic E-state index is 2.26. The van der Waals surface area contributed by atoms with Crippen molar-refractivity contribution in [2.45, 2.75) is 13.3 Å². The van der Waals surface area contributed by atoms with Crippen LogP contribution in [0.5, 0.6) is 0 Å². The Morgan fingerprint density at radius 3 is 2.46 bits per heavy atom. The fourth-order valence-electron chi connectivity index (χ4n) is 1.42. The van der Waals surface area contributed by atoms with Crippen LogP contribution < -0.4 is 0 Å². The van der Waals surface area contributed by atoms with E-state index in [4.69, 9.17) is 0 Å². The average Bonchev–Trinajstić information content (AvgIpc) is 2.53. The van der Waals surface area contributed by atoms with Crippen molar-refractivity contribution in [2.24, 2.45) is 0 Å². The quantitative estimate of drug-likeness (QED) is 0.675. The van der Waals surface area contributed by atoms with Crippen molar-refractivity contribution in [1.29, 1.82) is 0 Å². The molecule has 0 aliphatic rings. The summed E-state index contributed by atoms with van der Waals surface area (Å²) >= 11 is 1.82. The summed E-state index contributed by atoms with van der Waals surface area (Å²) in [6, 6.07) is 12.9. The summed E-state index contributed by atoms with van der Waals surface area (Å²) in [5.41, 5.74) is 2.81. The van der Waals surface area contributed by atoms with Crippen molar-refractivity contribution >= 4 is 11.3 Å². The van der Waals surface area contributed by atoms with Crippen LogP contribution in [0.25, 0.3) is 0 Å². The fourth-order valence-corrected chi connectivity index (χ4v) is 2.13. The number of hydrogen-bond donors (Lipinski definition) is 0. The van der Waals surface area contributed by atoms with Gasteiger partial charge in [0.2, 0.25) is 0 Å². The molecule has 0 aliphatic heterocycles. The Morgan fingerprint density at radius 1 is 1.08 bits per heavy atom. The Hall–Kier alpha value is -1.08. The Morgan fingerprint density at radius 2 is 1.85 bits per heavy atom. The van der Waals surface area contributed by atoms with Crippen LogP contribution in [0.4, 0.5) is 0 Å². The van der Waals surface area contributed by atoms with Gasteiger partial charge in [-0.2, -0.15) is 0 Å². The third kappa shape index (κ3) is 2.19. The lowest BCUT2D eigenvalue weighted by atomic mass is 10.1. The van der Waals surface area contributed by atoms with Gasteiger partial charge in [0, 0.05) is 4.88 Å². The van der Waals surface area contributed by atoms with Crippen molar-refractivity contribution in [2.75, 3.05) is 0 Å². The minimum Gasteiger partial charge on any atom is -0.149 e. The predicted octanol–water partition coefficient (Wildman–Crippen LogP) is 3.65. The summed E-state index contributed by atoms with van der Waals surface area (Å²) in [5.74, 6) is 0. The molecule has 1 heteroatoms. The van der Waals surface area contributed by atoms with Gasteiger partial charge < -0.3 is 0 Å². The van der Waals surface area contributed by atoms with Crippen LogP contribution in [0.1, 0.15) is 16.0 Å². The highest BCUT2D eigenvalue weighted by atomic mass is 32.1. The first-order valence-corrected chi connectivity index (χ1v) is 5.30. The summed E-state index contributed by atoms with van der Waals surface area (Å²) in [6.45, 7) is 2.15. The van der Waals surface area contributed by atoms with Crippen molar-refractivity contribution in [3.63, 3.8) is 0 Å². The Kier molecular flexibility index (Phi) is 2.46. The summed E-state index contributed by atoms with van der Waals surface area (Å²) in [7, 11) is 0. The number of benzene rings is 1. The van der Waals surface area contributed by atoms with E-state index in [9.17, 15) is 0 Å². The molecule has 2 aromatic rings. The highest BCUT2D eigenvalue weighted by Gasteiger charge is 1.97. The molecule has 0 saturated heterocycles. The molecule has 1 aromatic carbocycles. The van der Waals surface area contributed by atoms with E-state index in [-0.39, 0.29) is 0 Å². The van der Waals surface area contributed by atoms with Gasteiger partial charge in [0.05, 0.1) is 0 Å². The van der Waals surface area contributed by atoms with E-state index < -0.39 is 0 Å². The molecular formula is C12H12S.